The summed E-state index contributed by atoms with van der Waals surface area (Å²) in [5.41, 5.74) is 0.952. The minimum Gasteiger partial charge on any atom is -0.480 e. The minimum absolute atomic E-state index is 0.0129. The number of likely N-dealkylation sites (N-methyl/N-ethyl adjacent to an activating group) is 1. The third kappa shape index (κ3) is 6.32. The molecule has 0 bridgehead atoms. The highest BCUT2D eigenvalue weighted by atomic mass is 16.4. The number of aromatic nitrogens is 2. The summed E-state index contributed by atoms with van der Waals surface area (Å²) in [5, 5.41) is 21.8. The molecule has 0 unspecified atom stereocenters. The molecule has 0 aliphatic rings. The van der Waals surface area contributed by atoms with Crippen molar-refractivity contribution in [1.82, 2.24) is 19.6 Å². The van der Waals surface area contributed by atoms with Crippen LogP contribution in [0.4, 0.5) is 0 Å². The standard InChI is InChI=1S/C12H22N4O3/c1-14(2)3-4-15(10-12(18)19)8-11-7-13-16(9-11)5-6-17/h7,9,17H,3-6,8,10H2,1-2H3,(H,18,19). The number of aliphatic carboxylic acids is 1. The van der Waals surface area contributed by atoms with E-state index in [0.717, 1.165) is 12.1 Å². The first-order valence-electron chi connectivity index (χ1n) is 6.22. The molecule has 1 aromatic heterocycles. The van der Waals surface area contributed by atoms with Crippen LogP contribution < -0.4 is 0 Å². The van der Waals surface area contributed by atoms with E-state index in [1.807, 2.05) is 30.1 Å². The van der Waals surface area contributed by atoms with Gasteiger partial charge in [0, 0.05) is 31.4 Å². The highest BCUT2D eigenvalue weighted by Gasteiger charge is 2.11. The van der Waals surface area contributed by atoms with Crippen molar-refractivity contribution in [2.75, 3.05) is 40.3 Å². The number of aliphatic hydroxyl groups excluding tert-OH is 1. The van der Waals surface area contributed by atoms with Gasteiger partial charge in [0.1, 0.15) is 0 Å². The van der Waals surface area contributed by atoms with E-state index in [1.165, 1.54) is 0 Å². The highest BCUT2D eigenvalue weighted by molar-refractivity contribution is 5.69. The van der Waals surface area contributed by atoms with Gasteiger partial charge in [-0.2, -0.15) is 5.10 Å². The molecule has 0 saturated carbocycles. The van der Waals surface area contributed by atoms with Gasteiger partial charge in [-0.25, -0.2) is 0 Å². The molecule has 1 aromatic rings. The predicted octanol–water partition coefficient (Wildman–Crippen LogP) is -0.676. The van der Waals surface area contributed by atoms with Crippen LogP contribution in [0.1, 0.15) is 5.56 Å². The van der Waals surface area contributed by atoms with Crippen LogP contribution in [0.3, 0.4) is 0 Å². The van der Waals surface area contributed by atoms with E-state index in [0.29, 0.717) is 19.6 Å². The van der Waals surface area contributed by atoms with Crippen molar-refractivity contribution in [2.45, 2.75) is 13.1 Å². The van der Waals surface area contributed by atoms with Crippen LogP contribution in [-0.2, 0) is 17.9 Å². The average Bonchev–Trinajstić information content (AvgIpc) is 2.73. The van der Waals surface area contributed by atoms with E-state index in [1.54, 1.807) is 10.9 Å². The van der Waals surface area contributed by atoms with Gasteiger partial charge in [0.15, 0.2) is 0 Å². The van der Waals surface area contributed by atoms with Crippen LogP contribution in [-0.4, -0.2) is 76.1 Å². The Morgan fingerprint density at radius 3 is 2.74 bits per heavy atom. The van der Waals surface area contributed by atoms with Gasteiger partial charge in [-0.15, -0.1) is 0 Å². The molecular weight excluding hydrogens is 248 g/mol. The second kappa shape index (κ2) is 7.88. The number of carbonyl (C=O) groups is 1. The molecule has 19 heavy (non-hydrogen) atoms. The normalized spacial score (nSPS) is 11.4. The van der Waals surface area contributed by atoms with Crippen molar-refractivity contribution in [3.05, 3.63) is 18.0 Å². The first-order valence-corrected chi connectivity index (χ1v) is 6.22. The minimum atomic E-state index is -0.832. The smallest absolute Gasteiger partial charge is 0.317 e. The Labute approximate surface area is 113 Å². The molecule has 0 aliphatic heterocycles. The van der Waals surface area contributed by atoms with Crippen molar-refractivity contribution >= 4 is 5.97 Å². The largest absolute Gasteiger partial charge is 0.480 e. The molecule has 1 rings (SSSR count). The maximum absolute atomic E-state index is 10.8. The Bertz CT molecular complexity index is 392. The van der Waals surface area contributed by atoms with Crippen LogP contribution in [0.15, 0.2) is 12.4 Å². The Morgan fingerprint density at radius 2 is 2.16 bits per heavy atom. The van der Waals surface area contributed by atoms with Gasteiger partial charge in [0.25, 0.3) is 0 Å². The maximum atomic E-state index is 10.8. The van der Waals surface area contributed by atoms with E-state index in [-0.39, 0.29) is 13.2 Å². The average molecular weight is 270 g/mol. The highest BCUT2D eigenvalue weighted by Crippen LogP contribution is 2.04. The molecule has 7 heteroatoms. The fraction of sp³-hybridized carbons (Fsp3) is 0.667. The fourth-order valence-corrected chi connectivity index (χ4v) is 1.72. The lowest BCUT2D eigenvalue weighted by Crippen LogP contribution is -2.35. The number of carboxylic acids is 1. The first-order chi connectivity index (χ1) is 9.01. The summed E-state index contributed by atoms with van der Waals surface area (Å²) in [5.74, 6) is -0.832. The molecule has 0 saturated heterocycles. The second-order valence-corrected chi connectivity index (χ2v) is 4.74. The summed E-state index contributed by atoms with van der Waals surface area (Å²) < 4.78 is 1.65. The van der Waals surface area contributed by atoms with E-state index in [9.17, 15) is 4.79 Å². The Kier molecular flexibility index (Phi) is 6.48. The van der Waals surface area contributed by atoms with Crippen molar-refractivity contribution in [2.24, 2.45) is 0 Å². The number of hydrogen-bond acceptors (Lipinski definition) is 5. The van der Waals surface area contributed by atoms with Crippen LogP contribution >= 0.6 is 0 Å². The van der Waals surface area contributed by atoms with Crippen molar-refractivity contribution in [3.8, 4) is 0 Å². The summed E-state index contributed by atoms with van der Waals surface area (Å²) in [6.45, 7) is 2.55. The van der Waals surface area contributed by atoms with Crippen LogP contribution in [0.2, 0.25) is 0 Å². The molecule has 0 atom stereocenters. The Balaban J connectivity index is 2.56. The quantitative estimate of drug-likeness (QED) is 0.619. The van der Waals surface area contributed by atoms with Gasteiger partial charge in [0.05, 0.1) is 25.9 Å². The van der Waals surface area contributed by atoms with Crippen molar-refractivity contribution in [3.63, 3.8) is 0 Å². The number of hydrogen-bond donors (Lipinski definition) is 2. The topological polar surface area (TPSA) is 81.8 Å². The fourth-order valence-electron chi connectivity index (χ4n) is 1.72. The van der Waals surface area contributed by atoms with E-state index in [2.05, 4.69) is 5.10 Å². The Morgan fingerprint density at radius 1 is 1.42 bits per heavy atom. The summed E-state index contributed by atoms with van der Waals surface area (Å²) in [4.78, 5) is 14.7. The van der Waals surface area contributed by atoms with Gasteiger partial charge in [-0.1, -0.05) is 0 Å². The molecule has 0 aromatic carbocycles. The second-order valence-electron chi connectivity index (χ2n) is 4.74. The van der Waals surface area contributed by atoms with Crippen LogP contribution in [0, 0.1) is 0 Å². The number of carboxylic acid groups (broad SMARTS) is 1. The van der Waals surface area contributed by atoms with E-state index in [4.69, 9.17) is 10.2 Å². The summed E-state index contributed by atoms with van der Waals surface area (Å²) in [6, 6.07) is 0. The summed E-state index contributed by atoms with van der Waals surface area (Å²) in [7, 11) is 3.91. The molecule has 2 N–H and O–H groups in total. The summed E-state index contributed by atoms with van der Waals surface area (Å²) in [6.07, 6.45) is 3.54. The molecule has 0 amide bonds. The number of rotatable bonds is 9. The molecule has 0 spiro atoms. The third-order valence-electron chi connectivity index (χ3n) is 2.64. The molecule has 0 fully saturated rings. The third-order valence-corrected chi connectivity index (χ3v) is 2.64. The molecular formula is C12H22N4O3. The van der Waals surface area contributed by atoms with Crippen molar-refractivity contribution in [1.29, 1.82) is 0 Å². The van der Waals surface area contributed by atoms with Crippen LogP contribution in [0.5, 0.6) is 0 Å². The van der Waals surface area contributed by atoms with E-state index < -0.39 is 5.97 Å². The van der Waals surface area contributed by atoms with Crippen molar-refractivity contribution < 1.29 is 15.0 Å². The molecule has 108 valence electrons. The number of aliphatic hydroxyl groups is 1. The zero-order valence-corrected chi connectivity index (χ0v) is 11.5. The zero-order valence-electron chi connectivity index (χ0n) is 11.5. The lowest BCUT2D eigenvalue weighted by atomic mass is 10.3. The maximum Gasteiger partial charge on any atom is 0.317 e. The lowest BCUT2D eigenvalue weighted by Gasteiger charge is -2.21. The molecule has 0 aliphatic carbocycles. The lowest BCUT2D eigenvalue weighted by molar-refractivity contribution is -0.138. The summed E-state index contributed by atoms with van der Waals surface area (Å²) >= 11 is 0. The Hall–Kier alpha value is -1.44. The van der Waals surface area contributed by atoms with Gasteiger partial charge in [-0.3, -0.25) is 14.4 Å². The van der Waals surface area contributed by atoms with Crippen LogP contribution in [0.25, 0.3) is 0 Å². The SMILES string of the molecule is CN(C)CCN(CC(=O)O)Cc1cnn(CCO)c1. The predicted molar refractivity (Wildman–Crippen MR) is 70.8 cm³/mol. The van der Waals surface area contributed by atoms with Gasteiger partial charge in [0.2, 0.25) is 0 Å². The molecule has 7 nitrogen and oxygen atoms in total. The molecule has 0 radical (unpaired) electrons. The van der Waals surface area contributed by atoms with Gasteiger partial charge < -0.3 is 15.1 Å². The van der Waals surface area contributed by atoms with Gasteiger partial charge in [-0.05, 0) is 14.1 Å². The number of nitrogens with zero attached hydrogens (tertiary/aromatic N) is 4. The van der Waals surface area contributed by atoms with Gasteiger partial charge >= 0.3 is 5.97 Å². The first kappa shape index (κ1) is 15.6. The molecule has 1 heterocycles. The monoisotopic (exact) mass is 270 g/mol. The van der Waals surface area contributed by atoms with E-state index >= 15 is 0 Å². The zero-order chi connectivity index (χ0) is 14.3.